The van der Waals surface area contributed by atoms with Crippen molar-refractivity contribution in [2.45, 2.75) is 66.6 Å². The predicted molar refractivity (Wildman–Crippen MR) is 101 cm³/mol. The van der Waals surface area contributed by atoms with Crippen LogP contribution in [-0.2, 0) is 26.1 Å². The van der Waals surface area contributed by atoms with Crippen LogP contribution in [0.25, 0.3) is 0 Å². The van der Waals surface area contributed by atoms with E-state index in [1.165, 1.54) is 30.6 Å². The van der Waals surface area contributed by atoms with Gasteiger partial charge in [-0.1, -0.05) is 20.3 Å². The van der Waals surface area contributed by atoms with Crippen molar-refractivity contribution in [1.82, 2.24) is 24.6 Å². The molecule has 1 aliphatic heterocycles. The number of fused-ring (bicyclic) bond motifs is 1. The summed E-state index contributed by atoms with van der Waals surface area (Å²) in [5.41, 5.74) is 4.67. The molecule has 1 N–H and O–H groups in total. The Morgan fingerprint density at radius 2 is 2.00 bits per heavy atom. The lowest BCUT2D eigenvalue weighted by Crippen LogP contribution is -2.34. The Morgan fingerprint density at radius 1 is 1.16 bits per heavy atom. The summed E-state index contributed by atoms with van der Waals surface area (Å²) >= 11 is 0. The standard InChI is InChI=1S/C19H30N6/c1-5-7-8-24-9-10-25-17(13-24)11-16(23-25)12-20-19-18(6-2)14(3)21-15(4)22-19/h11H,5-10,12-13H2,1-4H3,(H,20,21,22). The number of nitrogens with zero attached hydrogens (tertiary/aromatic N) is 5. The third-order valence-electron chi connectivity index (χ3n) is 4.87. The Kier molecular flexibility index (Phi) is 5.68. The lowest BCUT2D eigenvalue weighted by molar-refractivity contribution is 0.210. The van der Waals surface area contributed by atoms with Crippen LogP contribution >= 0.6 is 0 Å². The quantitative estimate of drug-likeness (QED) is 0.838. The summed E-state index contributed by atoms with van der Waals surface area (Å²) < 4.78 is 2.16. The van der Waals surface area contributed by atoms with Gasteiger partial charge >= 0.3 is 0 Å². The maximum Gasteiger partial charge on any atom is 0.133 e. The van der Waals surface area contributed by atoms with Gasteiger partial charge in [-0.15, -0.1) is 0 Å². The minimum absolute atomic E-state index is 0.706. The van der Waals surface area contributed by atoms with E-state index in [4.69, 9.17) is 5.10 Å². The molecule has 0 atom stereocenters. The van der Waals surface area contributed by atoms with E-state index in [9.17, 15) is 0 Å². The monoisotopic (exact) mass is 342 g/mol. The van der Waals surface area contributed by atoms with E-state index in [2.05, 4.69) is 51.7 Å². The van der Waals surface area contributed by atoms with Crippen LogP contribution in [-0.4, -0.2) is 37.7 Å². The van der Waals surface area contributed by atoms with Crippen molar-refractivity contribution in [2.75, 3.05) is 18.4 Å². The number of nitrogens with one attached hydrogen (secondary N) is 1. The van der Waals surface area contributed by atoms with Crippen LogP contribution in [0.1, 0.15) is 55.2 Å². The average molecular weight is 342 g/mol. The highest BCUT2D eigenvalue weighted by Gasteiger charge is 2.18. The number of hydrogen-bond donors (Lipinski definition) is 1. The van der Waals surface area contributed by atoms with Crippen molar-refractivity contribution in [3.05, 3.63) is 34.5 Å². The zero-order valence-corrected chi connectivity index (χ0v) is 16.0. The van der Waals surface area contributed by atoms with Crippen LogP contribution in [0, 0.1) is 13.8 Å². The molecular formula is C19H30N6. The van der Waals surface area contributed by atoms with Crippen LogP contribution in [0.15, 0.2) is 6.07 Å². The lowest BCUT2D eigenvalue weighted by atomic mass is 10.1. The summed E-state index contributed by atoms with van der Waals surface area (Å²) in [5.74, 6) is 1.76. The molecule has 0 aliphatic carbocycles. The molecule has 0 amide bonds. The molecule has 3 heterocycles. The van der Waals surface area contributed by atoms with E-state index in [1.807, 2.05) is 6.92 Å². The second kappa shape index (κ2) is 7.95. The number of aromatic nitrogens is 4. The van der Waals surface area contributed by atoms with Crippen molar-refractivity contribution in [1.29, 1.82) is 0 Å². The maximum atomic E-state index is 4.77. The molecular weight excluding hydrogens is 312 g/mol. The van der Waals surface area contributed by atoms with E-state index in [1.54, 1.807) is 0 Å². The summed E-state index contributed by atoms with van der Waals surface area (Å²) in [6.07, 6.45) is 3.46. The second-order valence-corrected chi connectivity index (χ2v) is 6.87. The van der Waals surface area contributed by atoms with E-state index in [-0.39, 0.29) is 0 Å². The van der Waals surface area contributed by atoms with Gasteiger partial charge in [0, 0.05) is 24.3 Å². The molecule has 2 aromatic rings. The van der Waals surface area contributed by atoms with Crippen LogP contribution in [0.4, 0.5) is 5.82 Å². The first-order chi connectivity index (χ1) is 12.1. The highest BCUT2D eigenvalue weighted by Crippen LogP contribution is 2.19. The fraction of sp³-hybridized carbons (Fsp3) is 0.632. The largest absolute Gasteiger partial charge is 0.364 e. The lowest BCUT2D eigenvalue weighted by Gasteiger charge is -2.27. The molecule has 0 spiro atoms. The average Bonchev–Trinajstić information content (AvgIpc) is 2.99. The molecule has 136 valence electrons. The van der Waals surface area contributed by atoms with E-state index in [0.29, 0.717) is 6.54 Å². The fourth-order valence-electron chi connectivity index (χ4n) is 3.52. The Morgan fingerprint density at radius 3 is 2.76 bits per heavy atom. The highest BCUT2D eigenvalue weighted by atomic mass is 15.3. The van der Waals surface area contributed by atoms with Crippen LogP contribution in [0.3, 0.4) is 0 Å². The van der Waals surface area contributed by atoms with Gasteiger partial charge in [-0.2, -0.15) is 5.10 Å². The van der Waals surface area contributed by atoms with E-state index >= 15 is 0 Å². The minimum Gasteiger partial charge on any atom is -0.364 e. The van der Waals surface area contributed by atoms with Gasteiger partial charge < -0.3 is 5.32 Å². The Bertz CT molecular complexity index is 721. The smallest absolute Gasteiger partial charge is 0.133 e. The number of aryl methyl sites for hydroxylation is 2. The Hall–Kier alpha value is -1.95. The SMILES string of the molecule is CCCCN1CCn2nc(CNc3nc(C)nc(C)c3CC)cc2C1. The van der Waals surface area contributed by atoms with Crippen molar-refractivity contribution in [3.8, 4) is 0 Å². The predicted octanol–water partition coefficient (Wildman–Crippen LogP) is 3.08. The third kappa shape index (κ3) is 4.18. The zero-order chi connectivity index (χ0) is 17.8. The molecule has 0 radical (unpaired) electrons. The summed E-state index contributed by atoms with van der Waals surface area (Å²) in [6.45, 7) is 13.4. The Balaban J connectivity index is 1.67. The van der Waals surface area contributed by atoms with Crippen LogP contribution in [0.2, 0.25) is 0 Å². The number of hydrogen-bond acceptors (Lipinski definition) is 5. The van der Waals surface area contributed by atoms with Gasteiger partial charge in [-0.05, 0) is 39.3 Å². The molecule has 3 rings (SSSR count). The summed E-state index contributed by atoms with van der Waals surface area (Å²) in [5, 5.41) is 8.24. The first-order valence-corrected chi connectivity index (χ1v) is 9.46. The summed E-state index contributed by atoms with van der Waals surface area (Å²) in [4.78, 5) is 11.6. The fourth-order valence-corrected chi connectivity index (χ4v) is 3.52. The minimum atomic E-state index is 0.706. The highest BCUT2D eigenvalue weighted by molar-refractivity contribution is 5.46. The molecule has 0 unspecified atom stereocenters. The molecule has 0 fully saturated rings. The van der Waals surface area contributed by atoms with Crippen LogP contribution < -0.4 is 5.32 Å². The molecule has 25 heavy (non-hydrogen) atoms. The maximum absolute atomic E-state index is 4.77. The molecule has 0 saturated heterocycles. The van der Waals surface area contributed by atoms with E-state index < -0.39 is 0 Å². The van der Waals surface area contributed by atoms with Crippen LogP contribution in [0.5, 0.6) is 0 Å². The number of anilines is 1. The molecule has 6 nitrogen and oxygen atoms in total. The van der Waals surface area contributed by atoms with Crippen molar-refractivity contribution in [2.24, 2.45) is 0 Å². The van der Waals surface area contributed by atoms with Gasteiger partial charge in [-0.3, -0.25) is 9.58 Å². The van der Waals surface area contributed by atoms with E-state index in [0.717, 1.165) is 49.1 Å². The summed E-state index contributed by atoms with van der Waals surface area (Å²) in [6, 6.07) is 2.23. The normalized spacial score (nSPS) is 14.6. The van der Waals surface area contributed by atoms with Crippen molar-refractivity contribution >= 4 is 5.82 Å². The molecule has 0 bridgehead atoms. The molecule has 0 saturated carbocycles. The molecule has 1 aliphatic rings. The zero-order valence-electron chi connectivity index (χ0n) is 16.0. The first-order valence-electron chi connectivity index (χ1n) is 9.46. The van der Waals surface area contributed by atoms with Gasteiger partial charge in [0.15, 0.2) is 0 Å². The molecule has 2 aromatic heterocycles. The number of rotatable bonds is 7. The van der Waals surface area contributed by atoms with Gasteiger partial charge in [0.05, 0.1) is 24.5 Å². The van der Waals surface area contributed by atoms with Crippen molar-refractivity contribution < 1.29 is 0 Å². The third-order valence-corrected chi connectivity index (χ3v) is 4.87. The Labute approximate surface area is 150 Å². The van der Waals surface area contributed by atoms with Gasteiger partial charge in [0.25, 0.3) is 0 Å². The van der Waals surface area contributed by atoms with Gasteiger partial charge in [0.1, 0.15) is 11.6 Å². The molecule has 6 heteroatoms. The molecule has 0 aromatic carbocycles. The van der Waals surface area contributed by atoms with Gasteiger partial charge in [0.2, 0.25) is 0 Å². The number of unbranched alkanes of at least 4 members (excludes halogenated alkanes) is 1. The van der Waals surface area contributed by atoms with Crippen molar-refractivity contribution in [3.63, 3.8) is 0 Å². The summed E-state index contributed by atoms with van der Waals surface area (Å²) in [7, 11) is 0. The van der Waals surface area contributed by atoms with Gasteiger partial charge in [-0.25, -0.2) is 9.97 Å². The first kappa shape index (κ1) is 17.9. The topological polar surface area (TPSA) is 58.9 Å². The second-order valence-electron chi connectivity index (χ2n) is 6.87.